The molecule has 2 nitrogen and oxygen atoms in total. The molecule has 0 aromatic rings. The van der Waals surface area contributed by atoms with Crippen LogP contribution in [0.25, 0.3) is 0 Å². The van der Waals surface area contributed by atoms with Gasteiger partial charge in [0.05, 0.1) is 14.7 Å². The Bertz CT molecular complexity index is 106. The molecule has 0 aliphatic carbocycles. The minimum Gasteiger partial charge on any atom is -0.400 e. The van der Waals surface area contributed by atoms with E-state index in [0.29, 0.717) is 5.22 Å². The van der Waals surface area contributed by atoms with Crippen LogP contribution >= 0.6 is 0 Å². The van der Waals surface area contributed by atoms with Gasteiger partial charge in [0.2, 0.25) is 0 Å². The van der Waals surface area contributed by atoms with E-state index in [4.69, 9.17) is 9.84 Å². The molecule has 0 amide bonds. The van der Waals surface area contributed by atoms with E-state index < -0.39 is 0 Å². The molecule has 1 saturated heterocycles. The predicted octanol–water partition coefficient (Wildman–Crippen LogP) is 1.51. The number of ether oxygens (including phenoxy) is 1. The minimum absolute atomic E-state index is 0.0281. The molecule has 1 heterocycles. The molecule has 1 aliphatic heterocycles. The lowest BCUT2D eigenvalue weighted by Crippen LogP contribution is -2.40. The summed E-state index contributed by atoms with van der Waals surface area (Å²) in [7, 11) is 1.03. The number of rotatable bonds is 3. The molecule has 1 aliphatic rings. The van der Waals surface area contributed by atoms with E-state index in [-0.39, 0.29) is 9.52 Å². The van der Waals surface area contributed by atoms with Gasteiger partial charge in [-0.15, -0.1) is 0 Å². The van der Waals surface area contributed by atoms with E-state index in [0.717, 1.165) is 13.7 Å². The fourth-order valence-corrected chi connectivity index (χ4v) is 3.68. The molecule has 1 N–H and O–H groups in total. The molecule has 0 aromatic heterocycles. The second-order valence-electron chi connectivity index (χ2n) is 3.59. The van der Waals surface area contributed by atoms with Crippen LogP contribution < -0.4 is 0 Å². The van der Waals surface area contributed by atoms with Crippen LogP contribution in [0.3, 0.4) is 0 Å². The van der Waals surface area contributed by atoms with Crippen molar-refractivity contribution in [3.8, 4) is 0 Å². The second kappa shape index (κ2) is 7.53. The lowest BCUT2D eigenvalue weighted by molar-refractivity contribution is -0.0253. The first-order chi connectivity index (χ1) is 6.33. The molecule has 3 heteroatoms. The van der Waals surface area contributed by atoms with Gasteiger partial charge in [0, 0.05) is 13.7 Å². The standard InChI is InChI=1S/C9H20OSi.CH4O/c1-3-6-9(11-2)7-4-5-8-10-9;1-2/h3-8,11H2,1-2H3;2H,1H3. The van der Waals surface area contributed by atoms with Crippen molar-refractivity contribution in [1.29, 1.82) is 0 Å². The Morgan fingerprint density at radius 1 is 1.38 bits per heavy atom. The maximum Gasteiger partial charge on any atom is 0.0564 e. The Morgan fingerprint density at radius 2 is 2.08 bits per heavy atom. The molecule has 1 rings (SSSR count). The molecule has 1 unspecified atom stereocenters. The summed E-state index contributed by atoms with van der Waals surface area (Å²) in [5.74, 6) is 0. The smallest absolute Gasteiger partial charge is 0.0564 e. The van der Waals surface area contributed by atoms with Crippen LogP contribution in [0.4, 0.5) is 0 Å². The highest BCUT2D eigenvalue weighted by Crippen LogP contribution is 2.28. The van der Waals surface area contributed by atoms with Crippen LogP contribution in [0.1, 0.15) is 39.0 Å². The normalized spacial score (nSPS) is 28.6. The van der Waals surface area contributed by atoms with Gasteiger partial charge in [-0.3, -0.25) is 0 Å². The summed E-state index contributed by atoms with van der Waals surface area (Å²) < 4.78 is 5.92. The van der Waals surface area contributed by atoms with Crippen LogP contribution in [-0.2, 0) is 4.74 Å². The number of hydrogen-bond donors (Lipinski definition) is 1. The molecular weight excluding hydrogens is 180 g/mol. The first-order valence-electron chi connectivity index (χ1n) is 5.41. The lowest BCUT2D eigenvalue weighted by atomic mass is 10.0. The van der Waals surface area contributed by atoms with Crippen LogP contribution in [-0.4, -0.2) is 33.6 Å². The van der Waals surface area contributed by atoms with Crippen molar-refractivity contribution in [2.75, 3.05) is 13.7 Å². The highest BCUT2D eigenvalue weighted by Gasteiger charge is 2.29. The number of aliphatic hydroxyl groups excluding tert-OH is 1. The average Bonchev–Trinajstić information content (AvgIpc) is 2.23. The van der Waals surface area contributed by atoms with Gasteiger partial charge in [0.1, 0.15) is 0 Å². The molecule has 0 aromatic carbocycles. The van der Waals surface area contributed by atoms with Crippen molar-refractivity contribution in [3.63, 3.8) is 0 Å². The maximum atomic E-state index is 7.00. The first-order valence-corrected chi connectivity index (χ1v) is 7.54. The van der Waals surface area contributed by atoms with Crippen LogP contribution in [0.15, 0.2) is 0 Å². The van der Waals surface area contributed by atoms with E-state index in [1.807, 2.05) is 0 Å². The van der Waals surface area contributed by atoms with E-state index in [2.05, 4.69) is 13.5 Å². The topological polar surface area (TPSA) is 29.5 Å². The van der Waals surface area contributed by atoms with Crippen molar-refractivity contribution < 1.29 is 9.84 Å². The Hall–Kier alpha value is 0.137. The van der Waals surface area contributed by atoms with Crippen LogP contribution in [0.2, 0.25) is 6.55 Å². The molecular formula is C10H24O2Si. The first kappa shape index (κ1) is 13.1. The summed E-state index contributed by atoms with van der Waals surface area (Å²) in [6.45, 7) is 5.69. The van der Waals surface area contributed by atoms with Crippen LogP contribution in [0, 0.1) is 0 Å². The zero-order valence-corrected chi connectivity index (χ0v) is 10.7. The zero-order valence-electron chi connectivity index (χ0n) is 9.31. The van der Waals surface area contributed by atoms with Gasteiger partial charge in [-0.25, -0.2) is 0 Å². The fraction of sp³-hybridized carbons (Fsp3) is 1.00. The van der Waals surface area contributed by atoms with E-state index in [9.17, 15) is 0 Å². The highest BCUT2D eigenvalue weighted by molar-refractivity contribution is 6.37. The third-order valence-corrected chi connectivity index (χ3v) is 4.98. The van der Waals surface area contributed by atoms with Crippen molar-refractivity contribution in [2.45, 2.75) is 50.8 Å². The highest BCUT2D eigenvalue weighted by atomic mass is 28.2. The summed E-state index contributed by atoms with van der Waals surface area (Å²) >= 11 is 0. The van der Waals surface area contributed by atoms with Crippen LogP contribution in [0.5, 0.6) is 0 Å². The van der Waals surface area contributed by atoms with Crippen molar-refractivity contribution in [3.05, 3.63) is 0 Å². The second-order valence-corrected chi connectivity index (χ2v) is 5.59. The van der Waals surface area contributed by atoms with Crippen molar-refractivity contribution >= 4 is 9.52 Å². The Balaban J connectivity index is 0.000000671. The fourth-order valence-electron chi connectivity index (χ4n) is 2.02. The third-order valence-electron chi connectivity index (χ3n) is 2.78. The molecule has 0 bridgehead atoms. The minimum atomic E-state index is 0.0281. The molecule has 0 spiro atoms. The SMILES string of the molecule is CCCC1([SiH2]C)CCCCO1.CO. The zero-order chi connectivity index (χ0) is 10.2. The lowest BCUT2D eigenvalue weighted by Gasteiger charge is -2.36. The molecule has 0 radical (unpaired) electrons. The van der Waals surface area contributed by atoms with Gasteiger partial charge < -0.3 is 9.84 Å². The summed E-state index contributed by atoms with van der Waals surface area (Å²) in [5, 5.41) is 7.41. The van der Waals surface area contributed by atoms with Gasteiger partial charge in [-0.2, -0.15) is 0 Å². The monoisotopic (exact) mass is 204 g/mol. The molecule has 1 atom stereocenters. The van der Waals surface area contributed by atoms with Gasteiger partial charge in [0.25, 0.3) is 0 Å². The van der Waals surface area contributed by atoms with Gasteiger partial charge in [-0.05, 0) is 25.7 Å². The molecule has 80 valence electrons. The van der Waals surface area contributed by atoms with Gasteiger partial charge in [0.15, 0.2) is 0 Å². The van der Waals surface area contributed by atoms with Gasteiger partial charge in [-0.1, -0.05) is 19.9 Å². The predicted molar refractivity (Wildman–Crippen MR) is 60.0 cm³/mol. The Labute approximate surface area is 84.5 Å². The van der Waals surface area contributed by atoms with E-state index in [1.165, 1.54) is 32.1 Å². The van der Waals surface area contributed by atoms with E-state index in [1.54, 1.807) is 0 Å². The molecule has 0 saturated carbocycles. The summed E-state index contributed by atoms with van der Waals surface area (Å²) in [6.07, 6.45) is 6.65. The Morgan fingerprint density at radius 3 is 2.46 bits per heavy atom. The quantitative estimate of drug-likeness (QED) is 0.706. The molecule has 13 heavy (non-hydrogen) atoms. The summed E-state index contributed by atoms with van der Waals surface area (Å²) in [6, 6.07) is 0. The summed E-state index contributed by atoms with van der Waals surface area (Å²) in [5.41, 5.74) is 0. The Kier molecular flexibility index (Phi) is 7.61. The maximum absolute atomic E-state index is 7.00. The average molecular weight is 204 g/mol. The molecule has 1 fully saturated rings. The number of hydrogen-bond acceptors (Lipinski definition) is 2. The summed E-state index contributed by atoms with van der Waals surface area (Å²) in [4.78, 5) is 0. The van der Waals surface area contributed by atoms with Gasteiger partial charge >= 0.3 is 0 Å². The third kappa shape index (κ3) is 4.25. The number of aliphatic hydroxyl groups is 1. The van der Waals surface area contributed by atoms with E-state index >= 15 is 0 Å². The van der Waals surface area contributed by atoms with Crippen molar-refractivity contribution in [1.82, 2.24) is 0 Å². The van der Waals surface area contributed by atoms with Crippen molar-refractivity contribution in [2.24, 2.45) is 0 Å². The largest absolute Gasteiger partial charge is 0.400 e.